The average molecular weight is 252 g/mol. The molecule has 0 aliphatic heterocycles. The molecule has 2 aromatic carbocycles. The van der Waals surface area contributed by atoms with Gasteiger partial charge in [-0.05, 0) is 41.8 Å². The van der Waals surface area contributed by atoms with Gasteiger partial charge in [-0.15, -0.1) is 0 Å². The van der Waals surface area contributed by atoms with E-state index in [1.807, 2.05) is 48.5 Å². The molecule has 0 saturated carbocycles. The van der Waals surface area contributed by atoms with Crippen LogP contribution in [-0.2, 0) is 0 Å². The van der Waals surface area contributed by atoms with Gasteiger partial charge in [0.2, 0.25) is 0 Å². The highest BCUT2D eigenvalue weighted by Crippen LogP contribution is 2.24. The van der Waals surface area contributed by atoms with Crippen LogP contribution in [0.15, 0.2) is 63.8 Å². The van der Waals surface area contributed by atoms with Crippen LogP contribution in [0.25, 0.3) is 22.1 Å². The van der Waals surface area contributed by atoms with Crippen molar-refractivity contribution in [3.63, 3.8) is 0 Å². The molecule has 94 valence electrons. The van der Waals surface area contributed by atoms with Crippen molar-refractivity contribution in [2.75, 3.05) is 7.11 Å². The lowest BCUT2D eigenvalue weighted by Gasteiger charge is -2.04. The molecule has 0 spiro atoms. The minimum absolute atomic E-state index is 0.316. The Morgan fingerprint density at radius 2 is 1.74 bits per heavy atom. The maximum Gasteiger partial charge on any atom is 0.344 e. The maximum absolute atomic E-state index is 11.9. The van der Waals surface area contributed by atoms with Gasteiger partial charge < -0.3 is 9.15 Å². The van der Waals surface area contributed by atoms with E-state index in [-0.39, 0.29) is 5.63 Å². The first-order valence-corrected chi connectivity index (χ1v) is 5.95. The quantitative estimate of drug-likeness (QED) is 0.701. The molecule has 0 N–H and O–H groups in total. The second-order valence-corrected chi connectivity index (χ2v) is 4.21. The zero-order valence-electron chi connectivity index (χ0n) is 10.4. The zero-order valence-corrected chi connectivity index (χ0v) is 10.4. The lowest BCUT2D eigenvalue weighted by molar-refractivity contribution is 0.415. The highest BCUT2D eigenvalue weighted by Gasteiger charge is 2.06. The van der Waals surface area contributed by atoms with Gasteiger partial charge in [0.1, 0.15) is 11.5 Å². The Bertz CT molecular complexity index is 770. The van der Waals surface area contributed by atoms with E-state index in [0.717, 1.165) is 16.7 Å². The Morgan fingerprint density at radius 1 is 1.00 bits per heavy atom. The third-order valence-electron chi connectivity index (χ3n) is 3.04. The van der Waals surface area contributed by atoms with Crippen molar-refractivity contribution in [3.8, 4) is 17.1 Å². The molecule has 0 saturated heterocycles. The maximum atomic E-state index is 11.9. The van der Waals surface area contributed by atoms with Crippen LogP contribution in [0, 0.1) is 0 Å². The zero-order chi connectivity index (χ0) is 13.2. The summed E-state index contributed by atoms with van der Waals surface area (Å²) in [5.41, 5.74) is 0.535. The Kier molecular flexibility index (Phi) is 2.80. The first kappa shape index (κ1) is 11.5. The van der Waals surface area contributed by atoms with Gasteiger partial charge in [0, 0.05) is 5.56 Å². The second kappa shape index (κ2) is 4.61. The second-order valence-electron chi connectivity index (χ2n) is 4.21. The van der Waals surface area contributed by atoms with E-state index in [2.05, 4.69) is 0 Å². The Morgan fingerprint density at radius 3 is 2.47 bits per heavy atom. The summed E-state index contributed by atoms with van der Waals surface area (Å²) in [7, 11) is 1.62. The summed E-state index contributed by atoms with van der Waals surface area (Å²) < 4.78 is 10.5. The first-order valence-electron chi connectivity index (χ1n) is 5.95. The summed E-state index contributed by atoms with van der Waals surface area (Å²) >= 11 is 0. The molecule has 3 nitrogen and oxygen atoms in total. The highest BCUT2D eigenvalue weighted by molar-refractivity contribution is 5.84. The van der Waals surface area contributed by atoms with Crippen LogP contribution in [0.3, 0.4) is 0 Å². The third-order valence-corrected chi connectivity index (χ3v) is 3.04. The minimum atomic E-state index is -0.316. The Balaban J connectivity index is 2.16. The number of methoxy groups -OCH3 is 1. The van der Waals surface area contributed by atoms with Crippen LogP contribution in [-0.4, -0.2) is 7.11 Å². The van der Waals surface area contributed by atoms with Crippen molar-refractivity contribution in [3.05, 3.63) is 65.0 Å². The van der Waals surface area contributed by atoms with Crippen LogP contribution in [0.4, 0.5) is 0 Å². The van der Waals surface area contributed by atoms with Gasteiger partial charge in [-0.3, -0.25) is 0 Å². The number of hydrogen-bond donors (Lipinski definition) is 0. The van der Waals surface area contributed by atoms with Gasteiger partial charge in [0.15, 0.2) is 0 Å². The van der Waals surface area contributed by atoms with E-state index < -0.39 is 0 Å². The van der Waals surface area contributed by atoms with Crippen molar-refractivity contribution >= 4 is 10.8 Å². The van der Waals surface area contributed by atoms with Gasteiger partial charge in [-0.1, -0.05) is 18.2 Å². The van der Waals surface area contributed by atoms with E-state index in [4.69, 9.17) is 9.15 Å². The highest BCUT2D eigenvalue weighted by atomic mass is 16.5. The van der Waals surface area contributed by atoms with Crippen LogP contribution in [0.2, 0.25) is 0 Å². The fraction of sp³-hybridized carbons (Fsp3) is 0.0625. The van der Waals surface area contributed by atoms with Gasteiger partial charge in [0.05, 0.1) is 12.5 Å². The molecule has 0 amide bonds. The lowest BCUT2D eigenvalue weighted by Crippen LogP contribution is -1.99. The average Bonchev–Trinajstić information content (AvgIpc) is 2.47. The van der Waals surface area contributed by atoms with E-state index in [1.54, 1.807) is 13.2 Å². The summed E-state index contributed by atoms with van der Waals surface area (Å²) in [6.45, 7) is 0. The number of benzene rings is 2. The van der Waals surface area contributed by atoms with Crippen LogP contribution < -0.4 is 10.4 Å². The Labute approximate surface area is 110 Å². The molecule has 0 bridgehead atoms. The molecule has 0 aliphatic rings. The molecule has 1 heterocycles. The fourth-order valence-corrected chi connectivity index (χ4v) is 2.03. The molecule has 0 unspecified atom stereocenters. The normalized spacial score (nSPS) is 10.6. The number of rotatable bonds is 2. The molecule has 1 aromatic heterocycles. The smallest absolute Gasteiger partial charge is 0.344 e. The van der Waals surface area contributed by atoms with Crippen molar-refractivity contribution in [1.82, 2.24) is 0 Å². The van der Waals surface area contributed by atoms with E-state index in [1.165, 1.54) is 0 Å². The van der Waals surface area contributed by atoms with E-state index >= 15 is 0 Å². The summed E-state index contributed by atoms with van der Waals surface area (Å²) in [4.78, 5) is 11.9. The largest absolute Gasteiger partial charge is 0.497 e. The molecular weight excluding hydrogens is 240 g/mol. The number of fused-ring (bicyclic) bond motifs is 1. The van der Waals surface area contributed by atoms with Crippen LogP contribution >= 0.6 is 0 Å². The van der Waals surface area contributed by atoms with Crippen molar-refractivity contribution in [2.45, 2.75) is 0 Å². The summed E-state index contributed by atoms with van der Waals surface area (Å²) in [5, 5.41) is 1.48. The van der Waals surface area contributed by atoms with Crippen molar-refractivity contribution < 1.29 is 9.15 Å². The molecule has 0 atom stereocenters. The first-order chi connectivity index (χ1) is 9.28. The SMILES string of the molecule is COc1ccc(-c2cc3ccccc3c(=O)o2)cc1. The van der Waals surface area contributed by atoms with E-state index in [0.29, 0.717) is 11.1 Å². The number of hydrogen-bond acceptors (Lipinski definition) is 3. The Hall–Kier alpha value is -2.55. The van der Waals surface area contributed by atoms with Gasteiger partial charge >= 0.3 is 5.63 Å². The summed E-state index contributed by atoms with van der Waals surface area (Å²) in [6, 6.07) is 16.7. The molecule has 0 radical (unpaired) electrons. The summed E-state index contributed by atoms with van der Waals surface area (Å²) in [5.74, 6) is 1.33. The van der Waals surface area contributed by atoms with Gasteiger partial charge in [-0.25, -0.2) is 4.79 Å². The topological polar surface area (TPSA) is 39.4 Å². The molecular formula is C16H12O3. The van der Waals surface area contributed by atoms with Gasteiger partial charge in [0.25, 0.3) is 0 Å². The fourth-order valence-electron chi connectivity index (χ4n) is 2.03. The lowest BCUT2D eigenvalue weighted by atomic mass is 10.1. The molecule has 3 aromatic rings. The van der Waals surface area contributed by atoms with Crippen LogP contribution in [0.5, 0.6) is 5.75 Å². The minimum Gasteiger partial charge on any atom is -0.497 e. The third kappa shape index (κ3) is 2.10. The van der Waals surface area contributed by atoms with E-state index in [9.17, 15) is 4.79 Å². The van der Waals surface area contributed by atoms with Crippen molar-refractivity contribution in [1.29, 1.82) is 0 Å². The molecule has 3 heteroatoms. The number of ether oxygens (including phenoxy) is 1. The predicted octanol–water partition coefficient (Wildman–Crippen LogP) is 3.47. The monoisotopic (exact) mass is 252 g/mol. The predicted molar refractivity (Wildman–Crippen MR) is 74.5 cm³/mol. The molecule has 0 fully saturated rings. The molecule has 19 heavy (non-hydrogen) atoms. The van der Waals surface area contributed by atoms with Crippen molar-refractivity contribution in [2.24, 2.45) is 0 Å². The molecule has 0 aliphatic carbocycles. The summed E-state index contributed by atoms with van der Waals surface area (Å²) in [6.07, 6.45) is 0. The van der Waals surface area contributed by atoms with Crippen LogP contribution in [0.1, 0.15) is 0 Å². The standard InChI is InChI=1S/C16H12O3/c1-18-13-8-6-11(7-9-13)15-10-12-4-2-3-5-14(12)16(17)19-15/h2-10H,1H3. The van der Waals surface area contributed by atoms with Gasteiger partial charge in [-0.2, -0.15) is 0 Å². The molecule has 3 rings (SSSR count).